The molecule has 0 unspecified atom stereocenters. The summed E-state index contributed by atoms with van der Waals surface area (Å²) in [6.45, 7) is 0.557. The molecule has 0 fully saturated rings. The fourth-order valence-electron chi connectivity index (χ4n) is 1.87. The van der Waals surface area contributed by atoms with E-state index in [0.29, 0.717) is 12.4 Å². The second-order valence-electron chi connectivity index (χ2n) is 3.79. The predicted octanol–water partition coefficient (Wildman–Crippen LogP) is 1.97. The Morgan fingerprint density at radius 2 is 2.39 bits per heavy atom. The second kappa shape index (κ2) is 4.55. The molecule has 92 valence electrons. The highest BCUT2D eigenvalue weighted by Gasteiger charge is 2.10. The molecule has 5 nitrogen and oxygen atoms in total. The van der Waals surface area contributed by atoms with Gasteiger partial charge in [0.05, 0.1) is 24.1 Å². The second-order valence-corrected chi connectivity index (χ2v) is 4.90. The van der Waals surface area contributed by atoms with Gasteiger partial charge in [0.2, 0.25) is 0 Å². The van der Waals surface area contributed by atoms with E-state index in [1.165, 1.54) is 0 Å². The normalized spacial score (nSPS) is 11.2. The lowest BCUT2D eigenvalue weighted by Crippen LogP contribution is -2.06. The lowest BCUT2D eigenvalue weighted by Gasteiger charge is -2.05. The molecule has 0 bridgehead atoms. The van der Waals surface area contributed by atoms with Gasteiger partial charge in [-0.05, 0) is 6.07 Å². The van der Waals surface area contributed by atoms with E-state index in [0.717, 1.165) is 33.9 Å². The van der Waals surface area contributed by atoms with Crippen molar-refractivity contribution in [2.75, 3.05) is 0 Å². The first-order valence-corrected chi connectivity index (χ1v) is 6.71. The summed E-state index contributed by atoms with van der Waals surface area (Å²) in [5, 5.41) is 1.81. The van der Waals surface area contributed by atoms with Crippen molar-refractivity contribution in [1.82, 2.24) is 19.5 Å². The van der Waals surface area contributed by atoms with Gasteiger partial charge in [-0.25, -0.2) is 4.98 Å². The van der Waals surface area contributed by atoms with Crippen LogP contribution in [0.15, 0.2) is 28.6 Å². The number of pyridine rings is 1. The molecule has 1 N–H and O–H groups in total. The molecule has 3 rings (SSSR count). The van der Waals surface area contributed by atoms with Crippen LogP contribution in [0.2, 0.25) is 0 Å². The number of nitrogens with zero attached hydrogens (tertiary/aromatic N) is 3. The number of imidazole rings is 1. The van der Waals surface area contributed by atoms with Gasteiger partial charge in [0.25, 0.3) is 0 Å². The molecule has 0 atom stereocenters. The van der Waals surface area contributed by atoms with Crippen LogP contribution in [-0.4, -0.2) is 19.5 Å². The topological polar surface area (TPSA) is 63.6 Å². The number of halogens is 1. The van der Waals surface area contributed by atoms with E-state index in [1.807, 2.05) is 16.0 Å². The van der Waals surface area contributed by atoms with Crippen LogP contribution < -0.4 is 4.87 Å². The highest BCUT2D eigenvalue weighted by Crippen LogP contribution is 2.17. The first-order chi connectivity index (χ1) is 8.78. The molecule has 0 saturated heterocycles. The summed E-state index contributed by atoms with van der Waals surface area (Å²) in [6, 6.07) is 1.89. The number of hydrogen-bond donors (Lipinski definition) is 1. The number of hydrogen-bond acceptors (Lipinski definition) is 4. The minimum atomic E-state index is -0.0523. The van der Waals surface area contributed by atoms with E-state index in [2.05, 4.69) is 15.0 Å². The number of rotatable bonds is 3. The van der Waals surface area contributed by atoms with E-state index in [9.17, 15) is 4.79 Å². The predicted molar refractivity (Wildman–Crippen MR) is 71.1 cm³/mol. The fraction of sp³-hybridized carbons (Fsp3) is 0.182. The molecule has 0 spiro atoms. The highest BCUT2D eigenvalue weighted by molar-refractivity contribution is 7.07. The number of aromatic nitrogens is 4. The van der Waals surface area contributed by atoms with Crippen molar-refractivity contribution >= 4 is 34.0 Å². The Kier molecular flexibility index (Phi) is 2.89. The average molecular weight is 281 g/mol. The minimum Gasteiger partial charge on any atom is -0.321 e. The number of fused-ring (bicyclic) bond motifs is 1. The van der Waals surface area contributed by atoms with Crippen molar-refractivity contribution in [2.45, 2.75) is 12.4 Å². The largest absolute Gasteiger partial charge is 0.321 e. The zero-order valence-electron chi connectivity index (χ0n) is 9.26. The molecule has 7 heteroatoms. The Labute approximate surface area is 111 Å². The smallest absolute Gasteiger partial charge is 0.304 e. The summed E-state index contributed by atoms with van der Waals surface area (Å²) < 4.78 is 1.99. The molecule has 0 saturated carbocycles. The average Bonchev–Trinajstić information content (AvgIpc) is 2.94. The molecule has 0 aromatic carbocycles. The maximum Gasteiger partial charge on any atom is 0.304 e. The van der Waals surface area contributed by atoms with Gasteiger partial charge in [0.15, 0.2) is 0 Å². The molecular weight excluding hydrogens is 272 g/mol. The number of aromatic amines is 1. The zero-order valence-corrected chi connectivity index (χ0v) is 10.8. The highest BCUT2D eigenvalue weighted by atomic mass is 35.5. The van der Waals surface area contributed by atoms with Gasteiger partial charge in [-0.15, -0.1) is 11.6 Å². The van der Waals surface area contributed by atoms with E-state index >= 15 is 0 Å². The van der Waals surface area contributed by atoms with Gasteiger partial charge in [-0.3, -0.25) is 9.78 Å². The summed E-state index contributed by atoms with van der Waals surface area (Å²) >= 11 is 7.06. The molecule has 3 heterocycles. The fourth-order valence-corrected chi connectivity index (χ4v) is 2.65. The quantitative estimate of drug-likeness (QED) is 0.746. The number of alkyl halides is 1. The van der Waals surface area contributed by atoms with Gasteiger partial charge in [0, 0.05) is 17.3 Å². The molecule has 0 radical (unpaired) electrons. The van der Waals surface area contributed by atoms with E-state index in [4.69, 9.17) is 11.6 Å². The zero-order chi connectivity index (χ0) is 12.5. The Hall–Kier alpha value is -1.66. The Morgan fingerprint density at radius 3 is 3.11 bits per heavy atom. The van der Waals surface area contributed by atoms with Crippen LogP contribution in [0.25, 0.3) is 11.0 Å². The summed E-state index contributed by atoms with van der Waals surface area (Å²) in [5.74, 6) is 1.09. The Morgan fingerprint density at radius 1 is 1.50 bits per heavy atom. The van der Waals surface area contributed by atoms with Crippen LogP contribution in [0.1, 0.15) is 11.5 Å². The third-order valence-electron chi connectivity index (χ3n) is 2.65. The molecule has 0 amide bonds. The van der Waals surface area contributed by atoms with E-state index in [1.54, 1.807) is 12.4 Å². The van der Waals surface area contributed by atoms with Crippen LogP contribution in [0.4, 0.5) is 0 Å². The number of H-pyrrole nitrogens is 1. The lowest BCUT2D eigenvalue weighted by molar-refractivity contribution is 0.761. The van der Waals surface area contributed by atoms with Crippen molar-refractivity contribution in [3.8, 4) is 0 Å². The third-order valence-corrected chi connectivity index (χ3v) is 3.61. The van der Waals surface area contributed by atoms with Crippen LogP contribution in [0, 0.1) is 0 Å². The van der Waals surface area contributed by atoms with Gasteiger partial charge in [-0.1, -0.05) is 11.3 Å². The summed E-state index contributed by atoms with van der Waals surface area (Å²) in [6.07, 6.45) is 3.42. The Balaban J connectivity index is 2.11. The van der Waals surface area contributed by atoms with Crippen molar-refractivity contribution in [3.05, 3.63) is 45.0 Å². The summed E-state index contributed by atoms with van der Waals surface area (Å²) in [5.41, 5.74) is 2.63. The van der Waals surface area contributed by atoms with Crippen LogP contribution in [0.5, 0.6) is 0 Å². The summed E-state index contributed by atoms with van der Waals surface area (Å²) in [7, 11) is 0. The van der Waals surface area contributed by atoms with Gasteiger partial charge in [-0.2, -0.15) is 0 Å². The molecule has 0 aliphatic rings. The SMILES string of the molecule is O=c1[nH]c(Cn2c(CCl)nc3cnccc32)cs1. The maximum absolute atomic E-state index is 11.1. The monoisotopic (exact) mass is 280 g/mol. The van der Waals surface area contributed by atoms with Crippen LogP contribution >= 0.6 is 22.9 Å². The van der Waals surface area contributed by atoms with Gasteiger partial charge >= 0.3 is 4.87 Å². The molecule has 0 aliphatic heterocycles. The molecule has 3 aromatic heterocycles. The number of nitrogens with one attached hydrogen (secondary N) is 1. The summed E-state index contributed by atoms with van der Waals surface area (Å²) in [4.78, 5) is 22.3. The van der Waals surface area contributed by atoms with Gasteiger partial charge < -0.3 is 9.55 Å². The molecule has 18 heavy (non-hydrogen) atoms. The molecule has 0 aliphatic carbocycles. The van der Waals surface area contributed by atoms with Crippen molar-refractivity contribution < 1.29 is 0 Å². The van der Waals surface area contributed by atoms with Crippen molar-refractivity contribution in [1.29, 1.82) is 0 Å². The van der Waals surface area contributed by atoms with E-state index in [-0.39, 0.29) is 4.87 Å². The first kappa shape index (κ1) is 11.4. The first-order valence-electron chi connectivity index (χ1n) is 5.29. The van der Waals surface area contributed by atoms with E-state index < -0.39 is 0 Å². The number of thiazole rings is 1. The third kappa shape index (κ3) is 1.93. The standard InChI is InChI=1S/C11H9ClN4OS/c12-3-10-15-8-4-13-2-1-9(8)16(10)5-7-6-18-11(17)14-7/h1-2,4,6H,3,5H2,(H,14,17). The van der Waals surface area contributed by atoms with Crippen LogP contribution in [-0.2, 0) is 12.4 Å². The van der Waals surface area contributed by atoms with Crippen molar-refractivity contribution in [2.24, 2.45) is 0 Å². The van der Waals surface area contributed by atoms with Gasteiger partial charge in [0.1, 0.15) is 11.3 Å². The van der Waals surface area contributed by atoms with Crippen molar-refractivity contribution in [3.63, 3.8) is 0 Å². The maximum atomic E-state index is 11.1. The van der Waals surface area contributed by atoms with Crippen LogP contribution in [0.3, 0.4) is 0 Å². The molecule has 3 aromatic rings. The lowest BCUT2D eigenvalue weighted by atomic mass is 10.4. The Bertz CT molecular complexity index is 745. The minimum absolute atomic E-state index is 0.0523. The molecular formula is C11H9ClN4OS.